The zero-order valence-corrected chi connectivity index (χ0v) is 8.27. The van der Waals surface area contributed by atoms with Gasteiger partial charge >= 0.3 is 0 Å². The molecule has 0 atom stereocenters. The zero-order chi connectivity index (χ0) is 10.7. The molecule has 0 aliphatic rings. The van der Waals surface area contributed by atoms with Crippen molar-refractivity contribution in [3.05, 3.63) is 30.4 Å². The molecule has 0 aliphatic heterocycles. The number of hydrogen-bond acceptors (Lipinski definition) is 4. The number of ether oxygens (including phenoxy) is 1. The predicted octanol–water partition coefficient (Wildman–Crippen LogP) is 0.973. The Morgan fingerprint density at radius 2 is 2.33 bits per heavy atom. The van der Waals surface area contributed by atoms with Crippen molar-refractivity contribution in [1.29, 1.82) is 0 Å². The topological polar surface area (TPSA) is 71.0 Å². The van der Waals surface area contributed by atoms with E-state index < -0.39 is 0 Å². The second-order valence-electron chi connectivity index (χ2n) is 2.99. The van der Waals surface area contributed by atoms with Gasteiger partial charge in [0.05, 0.1) is 37.4 Å². The monoisotopic (exact) mass is 205 g/mol. The summed E-state index contributed by atoms with van der Waals surface area (Å²) in [5.41, 5.74) is 1.50. The van der Waals surface area contributed by atoms with Gasteiger partial charge in [0.15, 0.2) is 0 Å². The molecule has 5 heteroatoms. The van der Waals surface area contributed by atoms with Gasteiger partial charge in [0, 0.05) is 6.20 Å². The van der Waals surface area contributed by atoms with E-state index in [4.69, 9.17) is 9.84 Å². The Labute approximate surface area is 86.8 Å². The molecule has 0 aromatic carbocycles. The summed E-state index contributed by atoms with van der Waals surface area (Å²) in [5, 5.41) is 8.91. The van der Waals surface area contributed by atoms with E-state index in [1.807, 2.05) is 0 Å². The van der Waals surface area contributed by atoms with Gasteiger partial charge in [0.25, 0.3) is 0 Å². The van der Waals surface area contributed by atoms with E-state index in [1.54, 1.807) is 31.8 Å². The van der Waals surface area contributed by atoms with Gasteiger partial charge in [-0.15, -0.1) is 0 Å². The largest absolute Gasteiger partial charge is 0.494 e. The maximum atomic E-state index is 8.91. The summed E-state index contributed by atoms with van der Waals surface area (Å²) in [6.45, 7) is -0.0552. The summed E-state index contributed by atoms with van der Waals surface area (Å²) in [6.07, 6.45) is 4.88. The fourth-order valence-electron chi connectivity index (χ4n) is 1.31. The normalized spacial score (nSPS) is 10.3. The van der Waals surface area contributed by atoms with E-state index >= 15 is 0 Å². The van der Waals surface area contributed by atoms with Crippen LogP contribution in [0.15, 0.2) is 24.7 Å². The predicted molar refractivity (Wildman–Crippen MR) is 54.3 cm³/mol. The van der Waals surface area contributed by atoms with E-state index in [0.29, 0.717) is 17.3 Å². The number of aromatic nitrogens is 3. The molecule has 2 rings (SSSR count). The molecule has 0 amide bonds. The molecule has 0 saturated carbocycles. The van der Waals surface area contributed by atoms with E-state index in [1.165, 1.54) is 0 Å². The van der Waals surface area contributed by atoms with Crippen LogP contribution in [-0.2, 0) is 6.61 Å². The lowest BCUT2D eigenvalue weighted by Crippen LogP contribution is -1.90. The molecule has 5 nitrogen and oxygen atoms in total. The highest BCUT2D eigenvalue weighted by atomic mass is 16.5. The number of aliphatic hydroxyl groups is 1. The van der Waals surface area contributed by atoms with Crippen molar-refractivity contribution < 1.29 is 9.84 Å². The number of nitrogens with zero attached hydrogens (tertiary/aromatic N) is 2. The molecule has 2 aromatic heterocycles. The van der Waals surface area contributed by atoms with Crippen LogP contribution in [0, 0.1) is 0 Å². The zero-order valence-electron chi connectivity index (χ0n) is 8.27. The average Bonchev–Trinajstić information content (AvgIpc) is 2.77. The van der Waals surface area contributed by atoms with Crippen molar-refractivity contribution in [1.82, 2.24) is 15.0 Å². The highest BCUT2D eigenvalue weighted by Crippen LogP contribution is 2.25. The number of aromatic amines is 1. The van der Waals surface area contributed by atoms with Crippen LogP contribution in [0.1, 0.15) is 5.69 Å². The second kappa shape index (κ2) is 4.10. The van der Waals surface area contributed by atoms with Crippen LogP contribution in [0.3, 0.4) is 0 Å². The lowest BCUT2D eigenvalue weighted by Gasteiger charge is -2.04. The number of pyridine rings is 1. The third-order valence-electron chi connectivity index (χ3n) is 2.06. The van der Waals surface area contributed by atoms with Gasteiger partial charge in [-0.05, 0) is 6.07 Å². The molecule has 0 fully saturated rings. The van der Waals surface area contributed by atoms with Crippen molar-refractivity contribution >= 4 is 0 Å². The number of rotatable bonds is 3. The smallest absolute Gasteiger partial charge is 0.148 e. The fraction of sp³-hybridized carbons (Fsp3) is 0.200. The fourth-order valence-corrected chi connectivity index (χ4v) is 1.31. The average molecular weight is 205 g/mol. The summed E-state index contributed by atoms with van der Waals surface area (Å²) in [4.78, 5) is 11.1. The molecule has 0 saturated heterocycles. The first kappa shape index (κ1) is 9.67. The van der Waals surface area contributed by atoms with Crippen LogP contribution < -0.4 is 4.74 Å². The minimum atomic E-state index is -0.0552. The lowest BCUT2D eigenvalue weighted by molar-refractivity contribution is 0.277. The summed E-state index contributed by atoms with van der Waals surface area (Å²) in [7, 11) is 1.58. The molecule has 2 heterocycles. The number of nitrogens with one attached hydrogen (secondary N) is 1. The van der Waals surface area contributed by atoms with Crippen LogP contribution in [0.25, 0.3) is 11.4 Å². The highest BCUT2D eigenvalue weighted by molar-refractivity contribution is 5.63. The summed E-state index contributed by atoms with van der Waals surface area (Å²) < 4.78 is 5.16. The van der Waals surface area contributed by atoms with E-state index in [-0.39, 0.29) is 6.61 Å². The Morgan fingerprint density at radius 3 is 3.00 bits per heavy atom. The second-order valence-corrected chi connectivity index (χ2v) is 2.99. The summed E-state index contributed by atoms with van der Waals surface area (Å²) >= 11 is 0. The SMILES string of the molecule is COc1cnccc1-c1ncc(CO)[nH]1. The van der Waals surface area contributed by atoms with Crippen LogP contribution in [0.4, 0.5) is 0 Å². The van der Waals surface area contributed by atoms with Crippen molar-refractivity contribution in [3.63, 3.8) is 0 Å². The number of aliphatic hydroxyl groups excluding tert-OH is 1. The van der Waals surface area contributed by atoms with Crippen molar-refractivity contribution in [3.8, 4) is 17.1 Å². The highest BCUT2D eigenvalue weighted by Gasteiger charge is 2.08. The van der Waals surface area contributed by atoms with Crippen molar-refractivity contribution in [2.45, 2.75) is 6.61 Å². The molecule has 0 aliphatic carbocycles. The summed E-state index contributed by atoms with van der Waals surface area (Å²) in [6, 6.07) is 1.80. The van der Waals surface area contributed by atoms with Gasteiger partial charge in [-0.2, -0.15) is 0 Å². The van der Waals surface area contributed by atoms with Gasteiger partial charge in [-0.1, -0.05) is 0 Å². The third kappa shape index (κ3) is 1.82. The Morgan fingerprint density at radius 1 is 1.47 bits per heavy atom. The Balaban J connectivity index is 2.44. The Hall–Kier alpha value is -1.88. The maximum Gasteiger partial charge on any atom is 0.148 e. The molecule has 2 N–H and O–H groups in total. The number of hydrogen-bond donors (Lipinski definition) is 2. The van der Waals surface area contributed by atoms with Gasteiger partial charge in [0.2, 0.25) is 0 Å². The number of imidazole rings is 1. The van der Waals surface area contributed by atoms with Gasteiger partial charge < -0.3 is 14.8 Å². The summed E-state index contributed by atoms with van der Waals surface area (Å²) in [5.74, 6) is 1.31. The number of methoxy groups -OCH3 is 1. The van der Waals surface area contributed by atoms with E-state index in [0.717, 1.165) is 5.56 Å². The van der Waals surface area contributed by atoms with Crippen LogP contribution in [0.2, 0.25) is 0 Å². The lowest BCUT2D eigenvalue weighted by atomic mass is 10.2. The van der Waals surface area contributed by atoms with Crippen LogP contribution in [-0.4, -0.2) is 27.2 Å². The molecular formula is C10H11N3O2. The maximum absolute atomic E-state index is 8.91. The van der Waals surface area contributed by atoms with E-state index in [9.17, 15) is 0 Å². The first-order chi connectivity index (χ1) is 7.35. The molecule has 2 aromatic rings. The van der Waals surface area contributed by atoms with E-state index in [2.05, 4.69) is 15.0 Å². The molecular weight excluding hydrogens is 194 g/mol. The Kier molecular flexibility index (Phi) is 2.64. The third-order valence-corrected chi connectivity index (χ3v) is 2.06. The molecule has 0 unspecified atom stereocenters. The van der Waals surface area contributed by atoms with Crippen molar-refractivity contribution in [2.24, 2.45) is 0 Å². The minimum Gasteiger partial charge on any atom is -0.494 e. The molecule has 15 heavy (non-hydrogen) atoms. The van der Waals surface area contributed by atoms with Gasteiger partial charge in [-0.3, -0.25) is 4.98 Å². The van der Waals surface area contributed by atoms with Crippen molar-refractivity contribution in [2.75, 3.05) is 7.11 Å². The molecule has 0 radical (unpaired) electrons. The Bertz CT molecular complexity index is 453. The van der Waals surface area contributed by atoms with Gasteiger partial charge in [-0.25, -0.2) is 4.98 Å². The first-order valence-corrected chi connectivity index (χ1v) is 4.48. The quantitative estimate of drug-likeness (QED) is 0.783. The first-order valence-electron chi connectivity index (χ1n) is 4.48. The standard InChI is InChI=1S/C10H11N3O2/c1-15-9-5-11-3-2-8(9)10-12-4-7(6-14)13-10/h2-5,14H,6H2,1H3,(H,12,13). The molecule has 0 bridgehead atoms. The van der Waals surface area contributed by atoms with Crippen LogP contribution in [0.5, 0.6) is 5.75 Å². The number of H-pyrrole nitrogens is 1. The molecule has 0 spiro atoms. The molecule has 78 valence electrons. The van der Waals surface area contributed by atoms with Gasteiger partial charge in [0.1, 0.15) is 11.6 Å². The minimum absolute atomic E-state index is 0.0552. The van der Waals surface area contributed by atoms with Crippen LogP contribution >= 0.6 is 0 Å².